The molecule has 1 aromatic heterocycles. The average Bonchev–Trinajstić information content (AvgIpc) is 2.89. The van der Waals surface area contributed by atoms with Crippen molar-refractivity contribution < 1.29 is 0 Å². The van der Waals surface area contributed by atoms with Crippen molar-refractivity contribution in [3.63, 3.8) is 0 Å². The summed E-state index contributed by atoms with van der Waals surface area (Å²) in [5, 5.41) is 11.9. The van der Waals surface area contributed by atoms with Crippen molar-refractivity contribution in [1.82, 2.24) is 20.3 Å². The number of rotatable bonds is 4. The van der Waals surface area contributed by atoms with Gasteiger partial charge in [-0.25, -0.2) is 4.68 Å². The summed E-state index contributed by atoms with van der Waals surface area (Å²) in [5.74, 6) is 0. The topological polar surface area (TPSA) is 42.7 Å². The summed E-state index contributed by atoms with van der Waals surface area (Å²) < 4.78 is 1.92. The van der Waals surface area contributed by atoms with Gasteiger partial charge in [0.2, 0.25) is 0 Å². The van der Waals surface area contributed by atoms with Crippen molar-refractivity contribution in [3.05, 3.63) is 53.6 Å². The molecular weight excluding hydrogens is 248 g/mol. The van der Waals surface area contributed by atoms with E-state index >= 15 is 0 Å². The van der Waals surface area contributed by atoms with Gasteiger partial charge >= 0.3 is 0 Å². The van der Waals surface area contributed by atoms with E-state index in [-0.39, 0.29) is 0 Å². The molecule has 0 aliphatic heterocycles. The minimum atomic E-state index is 0.835. The monoisotopic (exact) mass is 266 g/mol. The number of hydrogen-bond donors (Lipinski definition) is 1. The minimum Gasteiger partial charge on any atom is -0.313 e. The first-order chi connectivity index (χ1) is 9.79. The standard InChI is InChI=1S/C16H18N4/c1-3-17-11-13-10-12(2)8-9-15(13)20-16-7-5-4-6-14(16)18-19-20/h4-10,17H,3,11H2,1-2H3. The number of aryl methyl sites for hydroxylation is 1. The van der Waals surface area contributed by atoms with Gasteiger partial charge in [-0.1, -0.05) is 42.0 Å². The molecule has 0 spiro atoms. The van der Waals surface area contributed by atoms with E-state index in [1.165, 1.54) is 11.1 Å². The van der Waals surface area contributed by atoms with Crippen LogP contribution in [0.15, 0.2) is 42.5 Å². The third kappa shape index (κ3) is 2.30. The van der Waals surface area contributed by atoms with Crippen molar-refractivity contribution >= 4 is 11.0 Å². The van der Waals surface area contributed by atoms with Crippen LogP contribution < -0.4 is 5.32 Å². The van der Waals surface area contributed by atoms with E-state index in [1.54, 1.807) is 0 Å². The van der Waals surface area contributed by atoms with Crippen LogP contribution in [-0.2, 0) is 6.54 Å². The maximum atomic E-state index is 4.30. The summed E-state index contributed by atoms with van der Waals surface area (Å²) in [6, 6.07) is 14.5. The van der Waals surface area contributed by atoms with Crippen molar-refractivity contribution in [3.8, 4) is 5.69 Å². The molecule has 0 saturated heterocycles. The van der Waals surface area contributed by atoms with Crippen LogP contribution in [0.2, 0.25) is 0 Å². The number of benzene rings is 2. The molecule has 0 atom stereocenters. The molecule has 0 saturated carbocycles. The van der Waals surface area contributed by atoms with Gasteiger partial charge in [-0.2, -0.15) is 0 Å². The molecule has 0 unspecified atom stereocenters. The molecule has 0 radical (unpaired) electrons. The lowest BCUT2D eigenvalue weighted by Crippen LogP contribution is -2.14. The number of nitrogens with one attached hydrogen (secondary N) is 1. The molecule has 20 heavy (non-hydrogen) atoms. The lowest BCUT2D eigenvalue weighted by molar-refractivity contribution is 0.714. The number of para-hydroxylation sites is 1. The van der Waals surface area contributed by atoms with Crippen LogP contribution in [0.5, 0.6) is 0 Å². The Morgan fingerprint density at radius 2 is 2.00 bits per heavy atom. The van der Waals surface area contributed by atoms with Crippen LogP contribution in [0, 0.1) is 6.92 Å². The fourth-order valence-electron chi connectivity index (χ4n) is 2.37. The lowest BCUT2D eigenvalue weighted by atomic mass is 10.1. The van der Waals surface area contributed by atoms with Gasteiger partial charge in [0.15, 0.2) is 0 Å². The highest BCUT2D eigenvalue weighted by Gasteiger charge is 2.10. The van der Waals surface area contributed by atoms with Crippen LogP contribution in [0.1, 0.15) is 18.1 Å². The maximum absolute atomic E-state index is 4.30. The summed E-state index contributed by atoms with van der Waals surface area (Å²) in [7, 11) is 0. The molecule has 0 amide bonds. The third-order valence-electron chi connectivity index (χ3n) is 3.38. The van der Waals surface area contributed by atoms with E-state index in [2.05, 4.69) is 47.7 Å². The fourth-order valence-corrected chi connectivity index (χ4v) is 2.37. The number of nitrogens with zero attached hydrogens (tertiary/aromatic N) is 3. The Morgan fingerprint density at radius 1 is 1.15 bits per heavy atom. The van der Waals surface area contributed by atoms with Gasteiger partial charge < -0.3 is 5.32 Å². The molecule has 1 heterocycles. The molecule has 3 rings (SSSR count). The number of aromatic nitrogens is 3. The quantitative estimate of drug-likeness (QED) is 0.789. The van der Waals surface area contributed by atoms with Crippen LogP contribution in [0.25, 0.3) is 16.7 Å². The highest BCUT2D eigenvalue weighted by atomic mass is 15.4. The van der Waals surface area contributed by atoms with E-state index in [0.29, 0.717) is 0 Å². The summed E-state index contributed by atoms with van der Waals surface area (Å²) >= 11 is 0. The zero-order chi connectivity index (χ0) is 13.9. The molecule has 1 N–H and O–H groups in total. The van der Waals surface area contributed by atoms with Gasteiger partial charge in [0.1, 0.15) is 5.52 Å². The molecule has 3 aromatic rings. The van der Waals surface area contributed by atoms with E-state index in [1.807, 2.05) is 28.9 Å². The summed E-state index contributed by atoms with van der Waals surface area (Å²) in [4.78, 5) is 0. The summed E-state index contributed by atoms with van der Waals surface area (Å²) in [6.45, 7) is 6.01. The Balaban J connectivity index is 2.13. The SMILES string of the molecule is CCNCc1cc(C)ccc1-n1nnc2ccccc21. The second kappa shape index (κ2) is 5.43. The second-order valence-corrected chi connectivity index (χ2v) is 4.90. The maximum Gasteiger partial charge on any atom is 0.113 e. The van der Waals surface area contributed by atoms with Gasteiger partial charge in [-0.15, -0.1) is 5.10 Å². The smallest absolute Gasteiger partial charge is 0.113 e. The van der Waals surface area contributed by atoms with Crippen molar-refractivity contribution in [1.29, 1.82) is 0 Å². The molecule has 102 valence electrons. The van der Waals surface area contributed by atoms with Gasteiger partial charge in [-0.05, 0) is 37.2 Å². The Bertz CT molecular complexity index is 730. The van der Waals surface area contributed by atoms with Crippen molar-refractivity contribution in [2.45, 2.75) is 20.4 Å². The van der Waals surface area contributed by atoms with E-state index in [4.69, 9.17) is 0 Å². The van der Waals surface area contributed by atoms with Crippen LogP contribution in [0.3, 0.4) is 0 Å². The molecular formula is C16H18N4. The predicted octanol–water partition coefficient (Wildman–Crippen LogP) is 2.84. The highest BCUT2D eigenvalue weighted by Crippen LogP contribution is 2.20. The molecule has 2 aromatic carbocycles. The van der Waals surface area contributed by atoms with E-state index < -0.39 is 0 Å². The molecule has 4 nitrogen and oxygen atoms in total. The normalized spacial score (nSPS) is 11.1. The van der Waals surface area contributed by atoms with Crippen LogP contribution in [-0.4, -0.2) is 21.5 Å². The fraction of sp³-hybridized carbons (Fsp3) is 0.250. The van der Waals surface area contributed by atoms with Crippen LogP contribution >= 0.6 is 0 Å². The molecule has 0 aliphatic rings. The average molecular weight is 266 g/mol. The van der Waals surface area contributed by atoms with Gasteiger partial charge in [0, 0.05) is 6.54 Å². The van der Waals surface area contributed by atoms with E-state index in [0.717, 1.165) is 29.8 Å². The number of hydrogen-bond acceptors (Lipinski definition) is 3. The predicted molar refractivity (Wildman–Crippen MR) is 81.0 cm³/mol. The van der Waals surface area contributed by atoms with Crippen molar-refractivity contribution in [2.24, 2.45) is 0 Å². The molecule has 0 aliphatic carbocycles. The first-order valence-corrected chi connectivity index (χ1v) is 6.90. The summed E-state index contributed by atoms with van der Waals surface area (Å²) in [6.07, 6.45) is 0. The van der Waals surface area contributed by atoms with Gasteiger partial charge in [-0.3, -0.25) is 0 Å². The van der Waals surface area contributed by atoms with Crippen molar-refractivity contribution in [2.75, 3.05) is 6.54 Å². The first-order valence-electron chi connectivity index (χ1n) is 6.90. The van der Waals surface area contributed by atoms with Gasteiger partial charge in [0.05, 0.1) is 11.2 Å². The second-order valence-electron chi connectivity index (χ2n) is 4.90. The largest absolute Gasteiger partial charge is 0.313 e. The molecule has 0 bridgehead atoms. The Hall–Kier alpha value is -2.20. The lowest BCUT2D eigenvalue weighted by Gasteiger charge is -2.11. The van der Waals surface area contributed by atoms with Gasteiger partial charge in [0.25, 0.3) is 0 Å². The first kappa shape index (κ1) is 12.8. The Kier molecular flexibility index (Phi) is 3.48. The number of fused-ring (bicyclic) bond motifs is 1. The molecule has 0 fully saturated rings. The third-order valence-corrected chi connectivity index (χ3v) is 3.38. The zero-order valence-electron chi connectivity index (χ0n) is 11.8. The van der Waals surface area contributed by atoms with E-state index in [9.17, 15) is 0 Å². The minimum absolute atomic E-state index is 0.835. The Labute approximate surface area is 118 Å². The molecule has 4 heteroatoms. The Morgan fingerprint density at radius 3 is 2.85 bits per heavy atom. The van der Waals surface area contributed by atoms with Crippen LogP contribution in [0.4, 0.5) is 0 Å². The zero-order valence-corrected chi connectivity index (χ0v) is 11.8. The highest BCUT2D eigenvalue weighted by molar-refractivity contribution is 5.76. The summed E-state index contributed by atoms with van der Waals surface area (Å²) in [5.41, 5.74) is 5.54.